The van der Waals surface area contributed by atoms with Crippen LogP contribution in [0.3, 0.4) is 0 Å². The van der Waals surface area contributed by atoms with Crippen molar-refractivity contribution < 1.29 is 18.0 Å². The van der Waals surface area contributed by atoms with Crippen LogP contribution >= 0.6 is 23.2 Å². The first-order valence-corrected chi connectivity index (χ1v) is 4.03. The molecule has 14 heavy (non-hydrogen) atoms. The van der Waals surface area contributed by atoms with Gasteiger partial charge in [-0.3, -0.25) is 4.79 Å². The van der Waals surface area contributed by atoms with Crippen molar-refractivity contribution in [3.8, 4) is 0 Å². The quantitative estimate of drug-likeness (QED) is 0.590. The topological polar surface area (TPSA) is 30.0 Å². The third-order valence-corrected chi connectivity index (χ3v) is 1.90. The number of carbonyl (C=O) groups is 1. The Morgan fingerprint density at radius 2 is 2.07 bits per heavy atom. The highest BCUT2D eigenvalue weighted by molar-refractivity contribution is 6.68. The molecule has 0 amide bonds. The van der Waals surface area contributed by atoms with Gasteiger partial charge in [0.25, 0.3) is 11.7 Å². The predicted molar refractivity (Wildman–Crippen MR) is 44.3 cm³/mol. The molecule has 2 nitrogen and oxygen atoms in total. The highest BCUT2D eigenvalue weighted by Gasteiger charge is 2.23. The molecule has 0 saturated heterocycles. The smallest absolute Gasteiger partial charge is 0.267 e. The van der Waals surface area contributed by atoms with Gasteiger partial charge in [0.1, 0.15) is 5.15 Å². The van der Waals surface area contributed by atoms with E-state index >= 15 is 0 Å². The molecule has 0 saturated carbocycles. The molecule has 0 atom stereocenters. The molecule has 1 rings (SSSR count). The molecule has 0 radical (unpaired) electrons. The first-order chi connectivity index (χ1) is 6.43. The van der Waals surface area contributed by atoms with Crippen LogP contribution in [0.4, 0.5) is 13.2 Å². The van der Waals surface area contributed by atoms with Crippen molar-refractivity contribution in [2.45, 2.75) is 6.43 Å². The lowest BCUT2D eigenvalue weighted by atomic mass is 10.1. The van der Waals surface area contributed by atoms with Gasteiger partial charge in [-0.05, 0) is 11.6 Å². The van der Waals surface area contributed by atoms with Crippen LogP contribution in [0.15, 0.2) is 6.07 Å². The van der Waals surface area contributed by atoms with Crippen LogP contribution in [0.2, 0.25) is 5.15 Å². The number of hydrogen-bond acceptors (Lipinski definition) is 2. The van der Waals surface area contributed by atoms with Crippen molar-refractivity contribution >= 4 is 28.4 Å². The van der Waals surface area contributed by atoms with E-state index in [9.17, 15) is 18.0 Å². The van der Waals surface area contributed by atoms with Crippen LogP contribution in [-0.4, -0.2) is 10.2 Å². The summed E-state index contributed by atoms with van der Waals surface area (Å²) in [5, 5.41) is -1.97. The first-order valence-electron chi connectivity index (χ1n) is 3.27. The number of hydrogen-bond donors (Lipinski definition) is 0. The van der Waals surface area contributed by atoms with E-state index in [1.165, 1.54) is 0 Å². The zero-order chi connectivity index (χ0) is 10.9. The Morgan fingerprint density at radius 3 is 2.50 bits per heavy atom. The molecular formula is C7H2Cl2F3NO. The Kier molecular flexibility index (Phi) is 3.34. The van der Waals surface area contributed by atoms with E-state index in [1.54, 1.807) is 0 Å². The average Bonchev–Trinajstić information content (AvgIpc) is 2.01. The van der Waals surface area contributed by atoms with Gasteiger partial charge in [-0.15, -0.1) is 0 Å². The van der Waals surface area contributed by atoms with Gasteiger partial charge >= 0.3 is 0 Å². The van der Waals surface area contributed by atoms with E-state index in [0.717, 1.165) is 0 Å². The van der Waals surface area contributed by atoms with E-state index < -0.39 is 33.9 Å². The monoisotopic (exact) mass is 243 g/mol. The van der Waals surface area contributed by atoms with Gasteiger partial charge in [0.15, 0.2) is 0 Å². The number of pyridine rings is 1. The lowest BCUT2D eigenvalue weighted by Gasteiger charge is -2.06. The molecule has 0 aliphatic rings. The number of aromatic nitrogens is 1. The number of rotatable bonds is 2. The molecule has 0 spiro atoms. The summed E-state index contributed by atoms with van der Waals surface area (Å²) in [4.78, 5) is 13.6. The molecule has 1 aromatic heterocycles. The minimum atomic E-state index is -3.03. The average molecular weight is 244 g/mol. The van der Waals surface area contributed by atoms with Gasteiger partial charge in [-0.2, -0.15) is 4.39 Å². The Labute approximate surface area is 86.6 Å². The van der Waals surface area contributed by atoms with Crippen molar-refractivity contribution in [1.82, 2.24) is 4.98 Å². The van der Waals surface area contributed by atoms with Crippen molar-refractivity contribution in [3.05, 3.63) is 28.3 Å². The summed E-state index contributed by atoms with van der Waals surface area (Å²) < 4.78 is 37.2. The second-order valence-electron chi connectivity index (χ2n) is 2.27. The largest absolute Gasteiger partial charge is 0.276 e. The minimum Gasteiger partial charge on any atom is -0.276 e. The molecule has 0 aliphatic carbocycles. The maximum atomic E-state index is 12.6. The fourth-order valence-corrected chi connectivity index (χ4v) is 1.29. The normalized spacial score (nSPS) is 10.7. The highest BCUT2D eigenvalue weighted by Crippen LogP contribution is 2.30. The predicted octanol–water partition coefficient (Wildman–Crippen LogP) is 3.19. The molecule has 1 heterocycles. The molecule has 0 aliphatic heterocycles. The Hall–Kier alpha value is -0.810. The second-order valence-corrected chi connectivity index (χ2v) is 2.97. The van der Waals surface area contributed by atoms with Crippen LogP contribution in [0.1, 0.15) is 22.3 Å². The summed E-state index contributed by atoms with van der Waals surface area (Å²) in [6.45, 7) is 0. The van der Waals surface area contributed by atoms with E-state index in [1.807, 2.05) is 0 Å². The summed E-state index contributed by atoms with van der Waals surface area (Å²) in [5.41, 5.74) is -1.52. The summed E-state index contributed by atoms with van der Waals surface area (Å²) in [6.07, 6.45) is -3.03. The van der Waals surface area contributed by atoms with Crippen LogP contribution in [0.25, 0.3) is 0 Å². The zero-order valence-corrected chi connectivity index (χ0v) is 7.91. The molecule has 0 unspecified atom stereocenters. The number of nitrogens with zero attached hydrogens (tertiary/aromatic N) is 1. The fraction of sp³-hybridized carbons (Fsp3) is 0.143. The molecular weight excluding hydrogens is 242 g/mol. The standard InChI is InChI=1S/C7H2Cl2F3NO/c8-5-4(7(11)12)2(6(9)14)1-3(10)13-5/h1,7H. The van der Waals surface area contributed by atoms with Crippen LogP contribution < -0.4 is 0 Å². The Morgan fingerprint density at radius 1 is 1.50 bits per heavy atom. The molecule has 0 fully saturated rings. The van der Waals surface area contributed by atoms with Crippen molar-refractivity contribution in [1.29, 1.82) is 0 Å². The fourth-order valence-electron chi connectivity index (χ4n) is 0.864. The first kappa shape index (κ1) is 11.3. The number of halogens is 5. The van der Waals surface area contributed by atoms with Crippen LogP contribution in [-0.2, 0) is 0 Å². The molecule has 1 aromatic rings. The van der Waals surface area contributed by atoms with Gasteiger partial charge in [0.05, 0.1) is 11.1 Å². The Balaban J connectivity index is 3.44. The third-order valence-electron chi connectivity index (χ3n) is 1.41. The van der Waals surface area contributed by atoms with Gasteiger partial charge < -0.3 is 0 Å². The van der Waals surface area contributed by atoms with Gasteiger partial charge in [0.2, 0.25) is 5.95 Å². The maximum absolute atomic E-state index is 12.6. The zero-order valence-electron chi connectivity index (χ0n) is 6.40. The van der Waals surface area contributed by atoms with Crippen molar-refractivity contribution in [2.24, 2.45) is 0 Å². The van der Waals surface area contributed by atoms with E-state index in [-0.39, 0.29) is 0 Å². The summed E-state index contributed by atoms with van der Waals surface area (Å²) in [7, 11) is 0. The maximum Gasteiger partial charge on any atom is 0.267 e. The van der Waals surface area contributed by atoms with Crippen molar-refractivity contribution in [3.63, 3.8) is 0 Å². The summed E-state index contributed by atoms with van der Waals surface area (Å²) >= 11 is 10.2. The SMILES string of the molecule is O=C(Cl)c1cc(F)nc(Cl)c1C(F)F. The number of alkyl halides is 2. The molecule has 0 aromatic carbocycles. The van der Waals surface area contributed by atoms with Gasteiger partial charge in [-0.1, -0.05) is 11.6 Å². The molecule has 7 heteroatoms. The highest BCUT2D eigenvalue weighted by atomic mass is 35.5. The Bertz CT molecular complexity index is 383. The van der Waals surface area contributed by atoms with Gasteiger partial charge in [0, 0.05) is 6.07 Å². The van der Waals surface area contributed by atoms with Crippen LogP contribution in [0, 0.1) is 5.95 Å². The molecule has 0 N–H and O–H groups in total. The summed E-state index contributed by atoms with van der Waals surface area (Å²) in [5.74, 6) is -1.14. The summed E-state index contributed by atoms with van der Waals surface area (Å²) in [6, 6.07) is 0.517. The number of carbonyl (C=O) groups excluding carboxylic acids is 1. The van der Waals surface area contributed by atoms with E-state index in [0.29, 0.717) is 6.07 Å². The second kappa shape index (κ2) is 4.14. The lowest BCUT2D eigenvalue weighted by molar-refractivity contribution is 0.106. The van der Waals surface area contributed by atoms with E-state index in [4.69, 9.17) is 23.2 Å². The minimum absolute atomic E-state index is 0.517. The van der Waals surface area contributed by atoms with Crippen molar-refractivity contribution in [2.75, 3.05) is 0 Å². The van der Waals surface area contributed by atoms with Crippen LogP contribution in [0.5, 0.6) is 0 Å². The van der Waals surface area contributed by atoms with Gasteiger partial charge in [-0.25, -0.2) is 13.8 Å². The van der Waals surface area contributed by atoms with E-state index in [2.05, 4.69) is 4.98 Å². The lowest BCUT2D eigenvalue weighted by Crippen LogP contribution is -2.03. The third kappa shape index (κ3) is 2.16. The molecule has 76 valence electrons. The molecule has 0 bridgehead atoms.